The van der Waals surface area contributed by atoms with E-state index < -0.39 is 75.2 Å². The molecule has 68 heavy (non-hydrogen) atoms. The van der Waals surface area contributed by atoms with Crippen molar-refractivity contribution in [3.8, 4) is 0 Å². The fourth-order valence-electron chi connectivity index (χ4n) is 8.44. The number of hydrogen-bond acceptors (Lipinski definition) is 11. The lowest BCUT2D eigenvalue weighted by atomic mass is 9.85. The minimum absolute atomic E-state index is 0.262. The number of carbonyl (C=O) groups excluding carboxylic acids is 1. The van der Waals surface area contributed by atoms with E-state index in [9.17, 15) is 50.0 Å². The Kier molecular flexibility index (Phi) is 40.5. The zero-order chi connectivity index (χ0) is 50.1. The summed E-state index contributed by atoms with van der Waals surface area (Å²) in [5.41, 5.74) is 0. The summed E-state index contributed by atoms with van der Waals surface area (Å²) in [5, 5.41) is 74.7. The van der Waals surface area contributed by atoms with Crippen LogP contribution >= 0.6 is 7.82 Å². The third-order valence-electron chi connectivity index (χ3n) is 12.9. The second kappa shape index (κ2) is 42.9. The van der Waals surface area contributed by atoms with Gasteiger partial charge in [-0.3, -0.25) is 13.8 Å². The summed E-state index contributed by atoms with van der Waals surface area (Å²) in [7, 11) is -5.16. The Hall–Kier alpha value is -1.74. The molecule has 0 aromatic rings. The van der Waals surface area contributed by atoms with Gasteiger partial charge in [-0.1, -0.05) is 197 Å². The van der Waals surface area contributed by atoms with Gasteiger partial charge < -0.3 is 46.0 Å². The van der Waals surface area contributed by atoms with E-state index in [0.717, 1.165) is 64.2 Å². The summed E-state index contributed by atoms with van der Waals surface area (Å²) < 4.78 is 22.9. The minimum Gasteiger partial charge on any atom is -0.393 e. The molecule has 8 unspecified atom stereocenters. The molecule has 0 saturated heterocycles. The highest BCUT2D eigenvalue weighted by molar-refractivity contribution is 7.47. The molecule has 0 heterocycles. The molecule has 1 amide bonds. The summed E-state index contributed by atoms with van der Waals surface area (Å²) in [4.78, 5) is 23.5. The molecule has 0 radical (unpaired) electrons. The van der Waals surface area contributed by atoms with Crippen LogP contribution in [0.1, 0.15) is 226 Å². The highest BCUT2D eigenvalue weighted by Gasteiger charge is 2.51. The molecule has 14 heteroatoms. The SMILES string of the molecule is CCCCCCCCC/C=C/CC/C=C/CC/C=C/C(O)C(COP(=O)(O)OC1C(O)C(O)C(O)C(O)C1O)NC(=O)CC(O)CCCCCCC/C=C\CCCCCCCCCCCCCC. The third-order valence-corrected chi connectivity index (χ3v) is 13.8. The highest BCUT2D eigenvalue weighted by Crippen LogP contribution is 2.47. The van der Waals surface area contributed by atoms with Gasteiger partial charge in [0.25, 0.3) is 0 Å². The van der Waals surface area contributed by atoms with Crippen LogP contribution in [0.15, 0.2) is 48.6 Å². The van der Waals surface area contributed by atoms with Crippen molar-refractivity contribution in [2.24, 2.45) is 0 Å². The fourth-order valence-corrected chi connectivity index (χ4v) is 9.41. The van der Waals surface area contributed by atoms with Gasteiger partial charge in [0.1, 0.15) is 36.6 Å². The normalized spacial score (nSPS) is 22.4. The van der Waals surface area contributed by atoms with Crippen LogP contribution in [-0.2, 0) is 18.4 Å². The van der Waals surface area contributed by atoms with Gasteiger partial charge in [-0.2, -0.15) is 0 Å². The Labute approximate surface area is 412 Å². The summed E-state index contributed by atoms with van der Waals surface area (Å²) in [6.07, 6.45) is 39.1. The topological polar surface area (TPSA) is 226 Å². The number of nitrogens with one attached hydrogen (secondary N) is 1. The fraction of sp³-hybridized carbons (Fsp3) is 0.833. The van der Waals surface area contributed by atoms with Gasteiger partial charge in [-0.25, -0.2) is 4.57 Å². The summed E-state index contributed by atoms with van der Waals surface area (Å²) in [6, 6.07) is -1.27. The van der Waals surface area contributed by atoms with Gasteiger partial charge in [-0.05, 0) is 70.6 Å². The van der Waals surface area contributed by atoms with E-state index in [0.29, 0.717) is 19.3 Å². The van der Waals surface area contributed by atoms with Gasteiger partial charge in [0.2, 0.25) is 5.91 Å². The van der Waals surface area contributed by atoms with Crippen molar-refractivity contribution in [1.82, 2.24) is 5.32 Å². The van der Waals surface area contributed by atoms with Crippen molar-refractivity contribution in [3.05, 3.63) is 48.6 Å². The lowest BCUT2D eigenvalue weighted by Crippen LogP contribution is -2.64. The largest absolute Gasteiger partial charge is 0.472 e. The average molecular weight is 986 g/mol. The lowest BCUT2D eigenvalue weighted by Gasteiger charge is -2.41. The second-order valence-electron chi connectivity index (χ2n) is 19.2. The smallest absolute Gasteiger partial charge is 0.393 e. The number of aliphatic hydroxyl groups excluding tert-OH is 7. The monoisotopic (exact) mass is 986 g/mol. The Morgan fingerprint density at radius 1 is 0.515 bits per heavy atom. The molecular weight excluding hydrogens is 886 g/mol. The first-order valence-electron chi connectivity index (χ1n) is 27.2. The van der Waals surface area contributed by atoms with Crippen LogP contribution in [-0.4, -0.2) is 108 Å². The molecule has 13 nitrogen and oxygen atoms in total. The predicted octanol–water partition coefficient (Wildman–Crippen LogP) is 10.7. The van der Waals surface area contributed by atoms with Gasteiger partial charge >= 0.3 is 7.82 Å². The molecule has 1 rings (SSSR count). The maximum absolute atomic E-state index is 13.1. The number of aliphatic hydroxyl groups is 7. The van der Waals surface area contributed by atoms with Gasteiger partial charge in [0, 0.05) is 0 Å². The Morgan fingerprint density at radius 3 is 1.29 bits per heavy atom. The van der Waals surface area contributed by atoms with Crippen LogP contribution in [0.3, 0.4) is 0 Å². The van der Waals surface area contributed by atoms with Crippen LogP contribution in [0.4, 0.5) is 0 Å². The van der Waals surface area contributed by atoms with E-state index in [-0.39, 0.29) is 6.42 Å². The molecule has 0 spiro atoms. The molecule has 0 aliphatic heterocycles. The van der Waals surface area contributed by atoms with Crippen molar-refractivity contribution >= 4 is 13.7 Å². The molecule has 1 aliphatic rings. The van der Waals surface area contributed by atoms with Crippen LogP contribution in [0.5, 0.6) is 0 Å². The zero-order valence-electron chi connectivity index (χ0n) is 42.5. The number of amides is 1. The van der Waals surface area contributed by atoms with Gasteiger partial charge in [0.05, 0.1) is 31.3 Å². The van der Waals surface area contributed by atoms with E-state index in [2.05, 4.69) is 55.6 Å². The van der Waals surface area contributed by atoms with E-state index in [1.54, 1.807) is 6.08 Å². The highest BCUT2D eigenvalue weighted by atomic mass is 31.2. The number of rotatable bonds is 45. The standard InChI is InChI=1S/C54H100NO12P/c1-3-5-7-9-11-13-15-17-19-21-22-23-24-26-27-29-31-33-35-37-39-41-45(56)43-48(58)55-46(44-66-68(64,65)67-54-52(62)50(60)49(59)51(61)53(54)63)47(57)42-40-38-36-34-32-30-28-25-20-18-16-14-12-10-8-6-4-2/h20,25-27,32,34,40,42,45-47,49-54,56-57,59-63H,3-19,21-24,28-31,33,35-39,41,43-44H2,1-2H3,(H,55,58)(H,64,65)/b25-20+,27-26-,34-32+,42-40+. The molecule has 1 aliphatic carbocycles. The van der Waals surface area contributed by atoms with Crippen molar-refractivity contribution in [1.29, 1.82) is 0 Å². The summed E-state index contributed by atoms with van der Waals surface area (Å²) in [6.45, 7) is 3.74. The molecule has 8 atom stereocenters. The lowest BCUT2D eigenvalue weighted by molar-refractivity contribution is -0.220. The summed E-state index contributed by atoms with van der Waals surface area (Å²) >= 11 is 0. The Balaban J connectivity index is 2.48. The molecule has 0 aromatic heterocycles. The maximum atomic E-state index is 13.1. The van der Waals surface area contributed by atoms with Crippen molar-refractivity contribution < 1.29 is 59.0 Å². The van der Waals surface area contributed by atoms with E-state index in [1.807, 2.05) is 0 Å². The first-order chi connectivity index (χ1) is 32.8. The van der Waals surface area contributed by atoms with Gasteiger partial charge in [0.15, 0.2) is 0 Å². The Bertz CT molecular complexity index is 1350. The van der Waals surface area contributed by atoms with Crippen LogP contribution in [0.25, 0.3) is 0 Å². The number of unbranched alkanes of at least 4 members (excludes halogenated alkanes) is 26. The van der Waals surface area contributed by atoms with Gasteiger partial charge in [-0.15, -0.1) is 0 Å². The van der Waals surface area contributed by atoms with Crippen molar-refractivity contribution in [2.45, 2.75) is 281 Å². The van der Waals surface area contributed by atoms with Crippen LogP contribution in [0, 0.1) is 0 Å². The number of phosphoric ester groups is 1. The maximum Gasteiger partial charge on any atom is 0.472 e. The van der Waals surface area contributed by atoms with Crippen molar-refractivity contribution in [2.75, 3.05) is 6.61 Å². The number of carbonyl (C=O) groups is 1. The quantitative estimate of drug-likeness (QED) is 0.0158. The first kappa shape index (κ1) is 64.3. The molecule has 9 N–H and O–H groups in total. The minimum atomic E-state index is -5.16. The predicted molar refractivity (Wildman–Crippen MR) is 275 cm³/mol. The number of allylic oxidation sites excluding steroid dienone is 7. The average Bonchev–Trinajstić information content (AvgIpc) is 3.31. The van der Waals surface area contributed by atoms with E-state index in [4.69, 9.17) is 9.05 Å². The molecular formula is C54H100NO12P. The zero-order valence-corrected chi connectivity index (χ0v) is 43.4. The number of hydrogen-bond donors (Lipinski definition) is 9. The summed E-state index contributed by atoms with van der Waals surface area (Å²) in [5.74, 6) is -0.611. The molecule has 398 valence electrons. The first-order valence-corrected chi connectivity index (χ1v) is 28.7. The number of phosphoric acid groups is 1. The molecule has 1 saturated carbocycles. The van der Waals surface area contributed by atoms with Crippen molar-refractivity contribution in [3.63, 3.8) is 0 Å². The third kappa shape index (κ3) is 33.8. The van der Waals surface area contributed by atoms with Crippen LogP contribution < -0.4 is 5.32 Å². The second-order valence-corrected chi connectivity index (χ2v) is 20.6. The molecule has 0 aromatic carbocycles. The molecule has 1 fully saturated rings. The van der Waals surface area contributed by atoms with Crippen LogP contribution in [0.2, 0.25) is 0 Å². The Morgan fingerprint density at radius 2 is 0.868 bits per heavy atom. The van der Waals surface area contributed by atoms with E-state index >= 15 is 0 Å². The van der Waals surface area contributed by atoms with E-state index in [1.165, 1.54) is 128 Å². The molecule has 0 bridgehead atoms.